The topological polar surface area (TPSA) is 49.4 Å². The Labute approximate surface area is 89.1 Å². The van der Waals surface area contributed by atoms with Gasteiger partial charge >= 0.3 is 0 Å². The van der Waals surface area contributed by atoms with Crippen LogP contribution in [0.1, 0.15) is 0 Å². The van der Waals surface area contributed by atoms with E-state index in [0.29, 0.717) is 11.1 Å². The Bertz CT molecular complexity index is 482. The maximum atomic E-state index is 13.2. The second-order valence-corrected chi connectivity index (χ2v) is 3.08. The minimum absolute atomic E-state index is 0.146. The van der Waals surface area contributed by atoms with Crippen LogP contribution in [0.25, 0.3) is 0 Å². The highest BCUT2D eigenvalue weighted by Crippen LogP contribution is 2.17. The molecule has 0 saturated heterocycles. The zero-order valence-electron chi connectivity index (χ0n) is 7.91. The van der Waals surface area contributed by atoms with Crippen molar-refractivity contribution < 1.29 is 18.4 Å². The SMILES string of the molecule is O=C1C=CC(=O)N1Nc1ccc(F)cc1F. The van der Waals surface area contributed by atoms with E-state index in [-0.39, 0.29) is 5.69 Å². The van der Waals surface area contributed by atoms with Crippen LogP contribution in [0.15, 0.2) is 30.4 Å². The number of nitrogens with one attached hydrogen (secondary N) is 1. The zero-order valence-corrected chi connectivity index (χ0v) is 7.91. The highest BCUT2D eigenvalue weighted by Gasteiger charge is 2.24. The van der Waals surface area contributed by atoms with Crippen LogP contribution in [0.5, 0.6) is 0 Å². The molecule has 1 aromatic carbocycles. The van der Waals surface area contributed by atoms with E-state index in [0.717, 1.165) is 24.3 Å². The predicted molar refractivity (Wildman–Crippen MR) is 51.0 cm³/mol. The molecule has 1 aliphatic heterocycles. The molecule has 1 aromatic rings. The number of hydrogen-bond donors (Lipinski definition) is 1. The van der Waals surface area contributed by atoms with E-state index in [1.165, 1.54) is 0 Å². The Hall–Kier alpha value is -2.24. The van der Waals surface area contributed by atoms with Gasteiger partial charge in [0, 0.05) is 18.2 Å². The molecule has 4 nitrogen and oxygen atoms in total. The lowest BCUT2D eigenvalue weighted by molar-refractivity contribution is -0.135. The molecular weight excluding hydrogens is 218 g/mol. The van der Waals surface area contributed by atoms with Gasteiger partial charge in [-0.2, -0.15) is 5.01 Å². The largest absolute Gasteiger partial charge is 0.285 e. The lowest BCUT2D eigenvalue weighted by Gasteiger charge is -2.16. The van der Waals surface area contributed by atoms with Crippen molar-refractivity contribution in [3.63, 3.8) is 0 Å². The first-order valence-corrected chi connectivity index (χ1v) is 4.36. The van der Waals surface area contributed by atoms with Crippen molar-refractivity contribution in [1.82, 2.24) is 5.01 Å². The molecule has 2 rings (SSSR count). The van der Waals surface area contributed by atoms with Gasteiger partial charge in [0.15, 0.2) is 5.82 Å². The van der Waals surface area contributed by atoms with E-state index in [2.05, 4.69) is 5.43 Å². The summed E-state index contributed by atoms with van der Waals surface area (Å²) in [6, 6.07) is 2.77. The first-order valence-electron chi connectivity index (χ1n) is 4.36. The van der Waals surface area contributed by atoms with Crippen LogP contribution in [0.3, 0.4) is 0 Å². The molecule has 0 fully saturated rings. The Morgan fingerprint density at radius 1 is 1.06 bits per heavy atom. The third-order valence-corrected chi connectivity index (χ3v) is 1.97. The number of halogens is 2. The third kappa shape index (κ3) is 1.77. The Morgan fingerprint density at radius 3 is 2.25 bits per heavy atom. The van der Waals surface area contributed by atoms with E-state index in [4.69, 9.17) is 0 Å². The lowest BCUT2D eigenvalue weighted by atomic mass is 10.3. The van der Waals surface area contributed by atoms with Crippen LogP contribution >= 0.6 is 0 Å². The molecule has 0 atom stereocenters. The summed E-state index contributed by atoms with van der Waals surface area (Å²) in [5.41, 5.74) is 2.12. The van der Waals surface area contributed by atoms with Crippen molar-refractivity contribution in [2.24, 2.45) is 0 Å². The Balaban J connectivity index is 2.21. The van der Waals surface area contributed by atoms with Gasteiger partial charge in [-0.05, 0) is 12.1 Å². The second kappa shape index (κ2) is 3.73. The average Bonchev–Trinajstić information content (AvgIpc) is 2.53. The molecule has 1 N–H and O–H groups in total. The molecule has 1 heterocycles. The second-order valence-electron chi connectivity index (χ2n) is 3.08. The smallest absolute Gasteiger partial charge is 0.272 e. The summed E-state index contributed by atoms with van der Waals surface area (Å²) in [7, 11) is 0. The molecule has 82 valence electrons. The third-order valence-electron chi connectivity index (χ3n) is 1.97. The molecule has 0 aromatic heterocycles. The summed E-state index contributed by atoms with van der Waals surface area (Å²) >= 11 is 0. The number of rotatable bonds is 2. The molecular formula is C10H6F2N2O2. The number of imide groups is 1. The summed E-state index contributed by atoms with van der Waals surface area (Å²) in [5.74, 6) is -2.82. The summed E-state index contributed by atoms with van der Waals surface area (Å²) in [4.78, 5) is 22.3. The van der Waals surface area contributed by atoms with Crippen molar-refractivity contribution in [3.8, 4) is 0 Å². The van der Waals surface area contributed by atoms with Crippen molar-refractivity contribution in [3.05, 3.63) is 42.0 Å². The van der Waals surface area contributed by atoms with Gasteiger partial charge in [0.2, 0.25) is 0 Å². The summed E-state index contributed by atoms with van der Waals surface area (Å²) in [5, 5.41) is 0.635. The highest BCUT2D eigenvalue weighted by atomic mass is 19.1. The molecule has 0 radical (unpaired) electrons. The van der Waals surface area contributed by atoms with Crippen molar-refractivity contribution in [2.45, 2.75) is 0 Å². The quantitative estimate of drug-likeness (QED) is 0.768. The molecule has 0 spiro atoms. The Kier molecular flexibility index (Phi) is 2.40. The highest BCUT2D eigenvalue weighted by molar-refractivity contribution is 6.13. The normalized spacial score (nSPS) is 14.8. The predicted octanol–water partition coefficient (Wildman–Crippen LogP) is 1.22. The van der Waals surface area contributed by atoms with Crippen LogP contribution in [0.2, 0.25) is 0 Å². The number of carbonyl (C=O) groups is 2. The number of benzene rings is 1. The fourth-order valence-electron chi connectivity index (χ4n) is 1.21. The van der Waals surface area contributed by atoms with E-state index in [1.54, 1.807) is 0 Å². The van der Waals surface area contributed by atoms with Gasteiger partial charge in [0.05, 0.1) is 5.69 Å². The monoisotopic (exact) mass is 224 g/mol. The van der Waals surface area contributed by atoms with Gasteiger partial charge in [-0.15, -0.1) is 0 Å². The van der Waals surface area contributed by atoms with Gasteiger partial charge in [0.1, 0.15) is 5.82 Å². The summed E-state index contributed by atoms with van der Waals surface area (Å²) < 4.78 is 25.8. The standard InChI is InChI=1S/C10H6F2N2O2/c11-6-1-2-8(7(12)5-6)13-14-9(15)3-4-10(14)16/h1-5,13H. The van der Waals surface area contributed by atoms with Crippen LogP contribution in [0.4, 0.5) is 14.5 Å². The average molecular weight is 224 g/mol. The fourth-order valence-corrected chi connectivity index (χ4v) is 1.21. The number of amides is 2. The number of anilines is 1. The van der Waals surface area contributed by atoms with E-state index in [9.17, 15) is 18.4 Å². The Morgan fingerprint density at radius 2 is 1.69 bits per heavy atom. The first kappa shape index (κ1) is 10.3. The minimum atomic E-state index is -0.882. The summed E-state index contributed by atoms with van der Waals surface area (Å²) in [6.07, 6.45) is 2.10. The maximum Gasteiger partial charge on any atom is 0.272 e. The molecule has 2 amide bonds. The van der Waals surface area contributed by atoms with Crippen LogP contribution < -0.4 is 5.43 Å². The fraction of sp³-hybridized carbons (Fsp3) is 0. The summed E-state index contributed by atoms with van der Waals surface area (Å²) in [6.45, 7) is 0. The number of nitrogens with zero attached hydrogens (tertiary/aromatic N) is 1. The van der Waals surface area contributed by atoms with Gasteiger partial charge in [-0.25, -0.2) is 8.78 Å². The van der Waals surface area contributed by atoms with Crippen molar-refractivity contribution in [2.75, 3.05) is 5.43 Å². The molecule has 1 aliphatic rings. The van der Waals surface area contributed by atoms with E-state index in [1.807, 2.05) is 0 Å². The minimum Gasteiger partial charge on any atom is -0.285 e. The van der Waals surface area contributed by atoms with Gasteiger partial charge in [-0.3, -0.25) is 15.0 Å². The van der Waals surface area contributed by atoms with Crippen molar-refractivity contribution in [1.29, 1.82) is 0 Å². The van der Waals surface area contributed by atoms with Crippen LogP contribution in [-0.2, 0) is 9.59 Å². The molecule has 6 heteroatoms. The van der Waals surface area contributed by atoms with Crippen LogP contribution in [-0.4, -0.2) is 16.8 Å². The van der Waals surface area contributed by atoms with E-state index >= 15 is 0 Å². The maximum absolute atomic E-state index is 13.2. The number of hydrazine groups is 1. The van der Waals surface area contributed by atoms with Crippen molar-refractivity contribution >= 4 is 17.5 Å². The lowest BCUT2D eigenvalue weighted by Crippen LogP contribution is -2.35. The zero-order chi connectivity index (χ0) is 11.7. The van der Waals surface area contributed by atoms with Gasteiger partial charge in [0.25, 0.3) is 11.8 Å². The molecule has 0 aliphatic carbocycles. The van der Waals surface area contributed by atoms with E-state index < -0.39 is 23.4 Å². The number of carbonyl (C=O) groups excluding carboxylic acids is 2. The molecule has 16 heavy (non-hydrogen) atoms. The van der Waals surface area contributed by atoms with Gasteiger partial charge in [-0.1, -0.05) is 0 Å². The molecule has 0 saturated carbocycles. The molecule has 0 unspecified atom stereocenters. The molecule has 0 bridgehead atoms. The van der Waals surface area contributed by atoms with Crippen LogP contribution in [0, 0.1) is 11.6 Å². The van der Waals surface area contributed by atoms with Gasteiger partial charge < -0.3 is 0 Å². The number of hydrogen-bond acceptors (Lipinski definition) is 3. The first-order chi connectivity index (χ1) is 7.58.